The summed E-state index contributed by atoms with van der Waals surface area (Å²) in [4.78, 5) is 22.8. The quantitative estimate of drug-likeness (QED) is 0.733. The van der Waals surface area contributed by atoms with Gasteiger partial charge in [0.2, 0.25) is 0 Å². The number of urea groups is 1. The van der Waals surface area contributed by atoms with Gasteiger partial charge in [-0.05, 0) is 12.5 Å². The summed E-state index contributed by atoms with van der Waals surface area (Å²) in [5, 5.41) is 11.6. The average molecular weight is 279 g/mol. The number of hydrogen-bond acceptors (Lipinski definition) is 4. The Morgan fingerprint density at radius 1 is 1.37 bits per heavy atom. The molecule has 0 aromatic heterocycles. The zero-order valence-electron chi connectivity index (χ0n) is 10.2. The van der Waals surface area contributed by atoms with Crippen molar-refractivity contribution in [2.75, 3.05) is 0 Å². The maximum atomic E-state index is 11.8. The monoisotopic (exact) mass is 279 g/mol. The summed E-state index contributed by atoms with van der Waals surface area (Å²) in [6.07, 6.45) is 0. The highest BCUT2D eigenvalue weighted by atomic mass is 32.2. The van der Waals surface area contributed by atoms with Crippen molar-refractivity contribution in [2.45, 2.75) is 13.5 Å². The zero-order chi connectivity index (χ0) is 13.8. The third kappa shape index (κ3) is 3.19. The summed E-state index contributed by atoms with van der Waals surface area (Å²) in [5.74, 6) is -1.05. The summed E-state index contributed by atoms with van der Waals surface area (Å²) in [6, 6.07) is 9.09. The van der Waals surface area contributed by atoms with Crippen molar-refractivity contribution in [3.8, 4) is 0 Å². The first kappa shape index (κ1) is 13.3. The van der Waals surface area contributed by atoms with Crippen LogP contribution in [0, 0.1) is 0 Å². The topological polar surface area (TPSA) is 81.7 Å². The summed E-state index contributed by atoms with van der Waals surface area (Å²) in [5.41, 5.74) is 4.13. The van der Waals surface area contributed by atoms with Gasteiger partial charge >= 0.3 is 12.0 Å². The first-order valence-electron chi connectivity index (χ1n) is 5.58. The van der Waals surface area contributed by atoms with Gasteiger partial charge in [0.05, 0.1) is 5.70 Å². The van der Waals surface area contributed by atoms with Crippen molar-refractivity contribution in [1.29, 1.82) is 0 Å². The maximum Gasteiger partial charge on any atom is 0.347 e. The number of allylic oxidation sites excluding steroid dienone is 1. The van der Waals surface area contributed by atoms with E-state index in [0.29, 0.717) is 12.2 Å². The van der Waals surface area contributed by atoms with E-state index in [4.69, 9.17) is 5.11 Å². The fourth-order valence-corrected chi connectivity index (χ4v) is 2.30. The molecule has 2 amide bonds. The molecule has 0 saturated heterocycles. The minimum Gasteiger partial charge on any atom is -0.477 e. The Morgan fingerprint density at radius 3 is 2.63 bits per heavy atom. The molecular weight excluding hydrogens is 266 g/mol. The highest BCUT2D eigenvalue weighted by Crippen LogP contribution is 2.28. The number of nitrogens with zero attached hydrogens (tertiary/aromatic N) is 1. The molecule has 6 nitrogen and oxygen atoms in total. The molecule has 100 valence electrons. The lowest BCUT2D eigenvalue weighted by Gasteiger charge is -2.16. The van der Waals surface area contributed by atoms with Crippen LogP contribution >= 0.6 is 11.9 Å². The second-order valence-corrected chi connectivity index (χ2v) is 4.86. The molecular formula is C12H13N3O3S. The van der Waals surface area contributed by atoms with Crippen LogP contribution < -0.4 is 10.7 Å². The van der Waals surface area contributed by atoms with Crippen LogP contribution in [0.4, 0.5) is 4.79 Å². The largest absolute Gasteiger partial charge is 0.477 e. The lowest BCUT2D eigenvalue weighted by Crippen LogP contribution is -2.40. The van der Waals surface area contributed by atoms with Gasteiger partial charge in [0.1, 0.15) is 4.91 Å². The van der Waals surface area contributed by atoms with E-state index < -0.39 is 5.97 Å². The number of aliphatic carboxylic acids is 1. The molecule has 0 radical (unpaired) electrons. The fraction of sp³-hybridized carbons (Fsp3) is 0.167. The van der Waals surface area contributed by atoms with Crippen molar-refractivity contribution in [3.63, 3.8) is 0 Å². The first-order chi connectivity index (χ1) is 9.08. The van der Waals surface area contributed by atoms with Crippen LogP contribution in [-0.2, 0) is 11.3 Å². The number of carbonyl (C=O) groups is 2. The van der Waals surface area contributed by atoms with Gasteiger partial charge in [-0.25, -0.2) is 9.59 Å². The molecule has 0 fully saturated rings. The van der Waals surface area contributed by atoms with Crippen molar-refractivity contribution in [1.82, 2.24) is 15.2 Å². The van der Waals surface area contributed by atoms with Crippen molar-refractivity contribution in [3.05, 3.63) is 46.5 Å². The van der Waals surface area contributed by atoms with Crippen molar-refractivity contribution in [2.24, 2.45) is 0 Å². The van der Waals surface area contributed by atoms with Crippen LogP contribution in [0.1, 0.15) is 12.5 Å². The zero-order valence-corrected chi connectivity index (χ0v) is 11.0. The number of nitrogens with one attached hydrogen (secondary N) is 2. The molecule has 1 aromatic carbocycles. The molecule has 1 aromatic rings. The standard InChI is InChI=1S/C12H13N3O3S/c1-8-10(11(16)17)19-15(14-8)12(18)13-7-9-5-3-2-4-6-9/h2-6,14H,7H2,1H3,(H,13,18)(H,16,17). The summed E-state index contributed by atoms with van der Waals surface area (Å²) in [7, 11) is 0. The molecule has 0 aliphatic carbocycles. The molecule has 19 heavy (non-hydrogen) atoms. The molecule has 1 aliphatic rings. The molecule has 3 N–H and O–H groups in total. The van der Waals surface area contributed by atoms with Gasteiger partial charge in [-0.15, -0.1) is 0 Å². The smallest absolute Gasteiger partial charge is 0.347 e. The molecule has 2 rings (SSSR count). The van der Waals surface area contributed by atoms with Crippen LogP contribution in [-0.4, -0.2) is 21.5 Å². The van der Waals surface area contributed by atoms with Gasteiger partial charge < -0.3 is 10.4 Å². The van der Waals surface area contributed by atoms with Crippen LogP contribution in [0.3, 0.4) is 0 Å². The van der Waals surface area contributed by atoms with Crippen molar-refractivity contribution < 1.29 is 14.7 Å². The Labute approximate surface area is 114 Å². The Balaban J connectivity index is 1.88. The normalized spacial score (nSPS) is 14.3. The van der Waals surface area contributed by atoms with Gasteiger partial charge in [0.25, 0.3) is 0 Å². The maximum absolute atomic E-state index is 11.8. The van der Waals surface area contributed by atoms with E-state index in [-0.39, 0.29) is 10.9 Å². The van der Waals surface area contributed by atoms with E-state index in [1.165, 1.54) is 4.41 Å². The molecule has 0 saturated carbocycles. The van der Waals surface area contributed by atoms with E-state index in [0.717, 1.165) is 17.5 Å². The van der Waals surface area contributed by atoms with Gasteiger partial charge in [0, 0.05) is 18.5 Å². The molecule has 0 spiro atoms. The van der Waals surface area contributed by atoms with E-state index in [1.54, 1.807) is 6.92 Å². The number of carboxylic acids is 1. The predicted molar refractivity (Wildman–Crippen MR) is 71.6 cm³/mol. The van der Waals surface area contributed by atoms with Gasteiger partial charge in [-0.1, -0.05) is 30.3 Å². The second kappa shape index (κ2) is 5.66. The molecule has 0 atom stereocenters. The number of hydrogen-bond donors (Lipinski definition) is 3. The number of benzene rings is 1. The molecule has 0 bridgehead atoms. The third-order valence-electron chi connectivity index (χ3n) is 2.46. The van der Waals surface area contributed by atoms with Crippen LogP contribution in [0.25, 0.3) is 0 Å². The van der Waals surface area contributed by atoms with E-state index >= 15 is 0 Å². The Hall–Kier alpha value is -2.15. The first-order valence-corrected chi connectivity index (χ1v) is 6.36. The number of rotatable bonds is 3. The number of carboxylic acid groups (broad SMARTS) is 1. The predicted octanol–water partition coefficient (Wildman–Crippen LogP) is 1.68. The highest BCUT2D eigenvalue weighted by molar-refractivity contribution is 8.02. The molecule has 1 heterocycles. The minimum absolute atomic E-state index is 0.120. The number of amides is 2. The van der Waals surface area contributed by atoms with E-state index in [2.05, 4.69) is 10.7 Å². The second-order valence-electron chi connectivity index (χ2n) is 3.90. The number of carbonyl (C=O) groups excluding carboxylic acids is 1. The summed E-state index contributed by atoms with van der Waals surface area (Å²) >= 11 is 0.860. The Morgan fingerprint density at radius 2 is 2.05 bits per heavy atom. The van der Waals surface area contributed by atoms with Gasteiger partial charge in [0.15, 0.2) is 0 Å². The average Bonchev–Trinajstić information content (AvgIpc) is 2.79. The lowest BCUT2D eigenvalue weighted by molar-refractivity contribution is -0.131. The van der Waals surface area contributed by atoms with Gasteiger partial charge in [-0.3, -0.25) is 5.43 Å². The summed E-state index contributed by atoms with van der Waals surface area (Å²) in [6.45, 7) is 2.00. The molecule has 1 aliphatic heterocycles. The van der Waals surface area contributed by atoms with E-state index in [1.807, 2.05) is 30.3 Å². The lowest BCUT2D eigenvalue weighted by atomic mass is 10.2. The molecule has 0 unspecified atom stereocenters. The van der Waals surface area contributed by atoms with Crippen molar-refractivity contribution >= 4 is 23.9 Å². The fourth-order valence-electron chi connectivity index (χ4n) is 1.52. The Kier molecular flexibility index (Phi) is 3.96. The van der Waals surface area contributed by atoms with Crippen LogP contribution in [0.2, 0.25) is 0 Å². The van der Waals surface area contributed by atoms with Crippen LogP contribution in [0.5, 0.6) is 0 Å². The SMILES string of the molecule is CC1=C(C(=O)O)SN(C(=O)NCc2ccccc2)N1. The Bertz CT molecular complexity index is 530. The third-order valence-corrected chi connectivity index (χ3v) is 3.56. The highest BCUT2D eigenvalue weighted by Gasteiger charge is 2.28. The molecule has 7 heteroatoms. The minimum atomic E-state index is -1.05. The van der Waals surface area contributed by atoms with E-state index in [9.17, 15) is 9.59 Å². The van der Waals surface area contributed by atoms with Gasteiger partial charge in [-0.2, -0.15) is 4.41 Å². The number of hydrazine groups is 1. The summed E-state index contributed by atoms with van der Waals surface area (Å²) < 4.78 is 1.17. The van der Waals surface area contributed by atoms with Crippen LogP contribution in [0.15, 0.2) is 40.9 Å².